The maximum Gasteiger partial charge on any atom is 0.311 e. The van der Waals surface area contributed by atoms with E-state index in [1.54, 1.807) is 0 Å². The molecule has 10 heteroatoms. The molecule has 0 saturated heterocycles. The Morgan fingerprint density at radius 1 is 0.766 bits per heavy atom. The second-order valence-electron chi connectivity index (χ2n) is 11.8. The van der Waals surface area contributed by atoms with E-state index < -0.39 is 5.41 Å². The van der Waals surface area contributed by atoms with Crippen molar-refractivity contribution in [2.24, 2.45) is 5.41 Å². The number of benzene rings is 5. The Bertz CT molecular complexity index is 2640. The monoisotopic (exact) mass is 610 g/mol. The number of esters is 1. The molecule has 0 aliphatic carbocycles. The molecule has 0 aliphatic rings. The van der Waals surface area contributed by atoms with Gasteiger partial charge in [0, 0.05) is 32.3 Å². The van der Waals surface area contributed by atoms with Gasteiger partial charge < -0.3 is 14.4 Å². The summed E-state index contributed by atoms with van der Waals surface area (Å²) in [4.78, 5) is 38.1. The van der Waals surface area contributed by atoms with Gasteiger partial charge in [-0.3, -0.25) is 4.79 Å². The van der Waals surface area contributed by atoms with Gasteiger partial charge in [-0.05, 0) is 49.1 Å². The smallest absolute Gasteiger partial charge is 0.311 e. The van der Waals surface area contributed by atoms with Gasteiger partial charge in [-0.1, -0.05) is 62.5 Å². The molecule has 0 bridgehead atoms. The molecule has 5 aromatic carbocycles. The number of rotatable bonds is 5. The van der Waals surface area contributed by atoms with E-state index in [1.165, 1.54) is 0 Å². The Kier molecular flexibility index (Phi) is 6.60. The molecule has 0 atom stereocenters. The molecule has 0 fully saturated rings. The van der Waals surface area contributed by atoms with Crippen molar-refractivity contribution in [2.75, 3.05) is 0 Å². The van der Waals surface area contributed by atoms with Crippen LogP contribution in [-0.4, -0.2) is 25.9 Å². The molecule has 0 aliphatic heterocycles. The topological polar surface area (TPSA) is 134 Å². The fourth-order valence-corrected chi connectivity index (χ4v) is 5.93. The van der Waals surface area contributed by atoms with E-state index in [0.717, 1.165) is 27.5 Å². The highest BCUT2D eigenvalue weighted by atomic mass is 16.5. The third-order valence-electron chi connectivity index (χ3n) is 8.77. The molecular formula is C37H22N8O2. The number of ether oxygens (including phenoxy) is 1. The molecule has 0 N–H and O–H groups in total. The van der Waals surface area contributed by atoms with E-state index in [1.807, 2.05) is 87.5 Å². The summed E-state index contributed by atoms with van der Waals surface area (Å²) in [6, 6.07) is 21.1. The van der Waals surface area contributed by atoms with Gasteiger partial charge in [-0.2, -0.15) is 10.5 Å². The summed E-state index contributed by atoms with van der Waals surface area (Å²) in [7, 11) is 0. The average Bonchev–Trinajstić information content (AvgIpc) is 3.12. The molecule has 222 valence electrons. The molecule has 0 radical (unpaired) electrons. The molecule has 2 heterocycles. The first-order valence-electron chi connectivity index (χ1n) is 14.7. The van der Waals surface area contributed by atoms with Crippen LogP contribution in [0.4, 0.5) is 11.6 Å². The van der Waals surface area contributed by atoms with Gasteiger partial charge in [-0.25, -0.2) is 9.97 Å². The summed E-state index contributed by atoms with van der Waals surface area (Å²) in [5.41, 5.74) is 3.55. The van der Waals surface area contributed by atoms with Gasteiger partial charge in [0.05, 0.1) is 16.4 Å². The summed E-state index contributed by atoms with van der Waals surface area (Å²) in [5, 5.41) is 24.1. The minimum Gasteiger partial charge on any atom is -0.460 e. The quantitative estimate of drug-likeness (QED) is 0.0820. The number of carbonyl (C=O) groups is 1. The second kappa shape index (κ2) is 10.7. The van der Waals surface area contributed by atoms with Crippen LogP contribution in [-0.2, 0) is 16.1 Å². The van der Waals surface area contributed by atoms with Gasteiger partial charge in [0.25, 0.3) is 11.6 Å². The van der Waals surface area contributed by atoms with Crippen molar-refractivity contribution in [3.63, 3.8) is 0 Å². The van der Waals surface area contributed by atoms with Crippen LogP contribution in [0, 0.1) is 41.2 Å². The van der Waals surface area contributed by atoms with Crippen LogP contribution >= 0.6 is 0 Å². The van der Waals surface area contributed by atoms with Crippen molar-refractivity contribution in [1.29, 1.82) is 10.5 Å². The van der Waals surface area contributed by atoms with E-state index >= 15 is 0 Å². The number of nitrogens with zero attached hydrogens (tertiary/aromatic N) is 8. The molecule has 7 rings (SSSR count). The van der Waals surface area contributed by atoms with Crippen LogP contribution < -0.4 is 0 Å². The summed E-state index contributed by atoms with van der Waals surface area (Å²) in [5.74, 6) is -0.426. The third-order valence-corrected chi connectivity index (χ3v) is 8.77. The van der Waals surface area contributed by atoms with Crippen LogP contribution in [0.25, 0.3) is 75.2 Å². The van der Waals surface area contributed by atoms with Crippen molar-refractivity contribution in [3.05, 3.63) is 94.4 Å². The Morgan fingerprint density at radius 2 is 1.32 bits per heavy atom. The van der Waals surface area contributed by atoms with Gasteiger partial charge in [0.2, 0.25) is 11.0 Å². The lowest BCUT2D eigenvalue weighted by atomic mass is 9.87. The summed E-state index contributed by atoms with van der Waals surface area (Å²) < 4.78 is 5.59. The van der Waals surface area contributed by atoms with Gasteiger partial charge in [0.15, 0.2) is 11.4 Å². The highest BCUT2D eigenvalue weighted by Crippen LogP contribution is 2.47. The number of fused-ring (bicyclic) bond motifs is 6. The van der Waals surface area contributed by atoms with E-state index in [4.69, 9.17) is 22.9 Å². The maximum absolute atomic E-state index is 12.5. The molecular weight excluding hydrogens is 588 g/mol. The molecule has 0 saturated carbocycles. The highest BCUT2D eigenvalue weighted by molar-refractivity contribution is 6.40. The first-order chi connectivity index (χ1) is 22.7. The zero-order valence-corrected chi connectivity index (χ0v) is 25.5. The maximum atomic E-state index is 12.5. The van der Waals surface area contributed by atoms with Gasteiger partial charge in [-0.15, -0.1) is 9.97 Å². The lowest BCUT2D eigenvalue weighted by Gasteiger charge is -2.20. The minimum absolute atomic E-state index is 0.0804. The predicted octanol–water partition coefficient (Wildman–Crippen LogP) is 8.46. The molecule has 10 nitrogen and oxygen atoms in total. The lowest BCUT2D eigenvalue weighted by molar-refractivity contribution is -0.155. The molecule has 0 spiro atoms. The Morgan fingerprint density at radius 3 is 1.87 bits per heavy atom. The van der Waals surface area contributed by atoms with Crippen molar-refractivity contribution < 1.29 is 9.53 Å². The van der Waals surface area contributed by atoms with E-state index in [0.29, 0.717) is 50.0 Å². The van der Waals surface area contributed by atoms with Gasteiger partial charge >= 0.3 is 5.97 Å². The number of nitriles is 2. The number of hydrogen-bond donors (Lipinski definition) is 0. The Hall–Kier alpha value is -6.75. The van der Waals surface area contributed by atoms with Crippen LogP contribution in [0.3, 0.4) is 0 Å². The Labute approximate surface area is 268 Å². The number of aromatic nitrogens is 4. The first kappa shape index (κ1) is 29.0. The third kappa shape index (κ3) is 4.32. The van der Waals surface area contributed by atoms with Crippen molar-refractivity contribution in [2.45, 2.75) is 33.8 Å². The first-order valence-corrected chi connectivity index (χ1v) is 14.7. The van der Waals surface area contributed by atoms with Crippen molar-refractivity contribution >= 4 is 72.0 Å². The SMILES string of the molecule is [C-]#[N+]c1nc2c3cccc4c5nc(C#N)c(C#N)nc5c5c(-c6ccc(COC(=O)C(C)(C)CC)cc6)ccc(c2nc1[N+]#[C-])c5c34. The molecule has 2 aromatic heterocycles. The van der Waals surface area contributed by atoms with E-state index in [9.17, 15) is 15.3 Å². The Balaban J connectivity index is 1.56. The van der Waals surface area contributed by atoms with Crippen molar-refractivity contribution in [3.8, 4) is 23.3 Å². The minimum atomic E-state index is -0.570. The highest BCUT2D eigenvalue weighted by Gasteiger charge is 2.28. The molecule has 0 amide bonds. The molecule has 47 heavy (non-hydrogen) atoms. The fourth-order valence-electron chi connectivity index (χ4n) is 5.93. The van der Waals surface area contributed by atoms with Crippen LogP contribution in [0.5, 0.6) is 0 Å². The lowest BCUT2D eigenvalue weighted by Crippen LogP contribution is -2.25. The fraction of sp³-hybridized carbons (Fsp3) is 0.162. The zero-order chi connectivity index (χ0) is 33.0. The standard InChI is InChI=1S/C37H22N8O2/c1-6-37(2,3)36(46)47-18-19-10-12-20(13-11-19)21-14-15-24-28-27-22(30-31(24)45-35(41-5)34(40-4)44-30)8-7-9-23(27)32-33(29(21)28)43-26(17-39)25(16-38)42-32/h7-15H,6,18H2,1-3H3. The summed E-state index contributed by atoms with van der Waals surface area (Å²) >= 11 is 0. The van der Waals surface area contributed by atoms with Crippen molar-refractivity contribution in [1.82, 2.24) is 19.9 Å². The van der Waals surface area contributed by atoms with E-state index in [-0.39, 0.29) is 35.6 Å². The second-order valence-corrected chi connectivity index (χ2v) is 11.8. The van der Waals surface area contributed by atoms with Crippen LogP contribution in [0.15, 0.2) is 54.6 Å². The molecule has 0 unspecified atom stereocenters. The predicted molar refractivity (Wildman–Crippen MR) is 178 cm³/mol. The van der Waals surface area contributed by atoms with Gasteiger partial charge in [0.1, 0.15) is 18.7 Å². The average molecular weight is 611 g/mol. The summed E-state index contributed by atoms with van der Waals surface area (Å²) in [6.45, 7) is 21.0. The van der Waals surface area contributed by atoms with Crippen LogP contribution in [0.2, 0.25) is 0 Å². The number of carbonyl (C=O) groups excluding carboxylic acids is 1. The largest absolute Gasteiger partial charge is 0.460 e. The zero-order valence-electron chi connectivity index (χ0n) is 25.5. The van der Waals surface area contributed by atoms with E-state index in [2.05, 4.69) is 24.6 Å². The number of hydrogen-bond acceptors (Lipinski definition) is 8. The normalized spacial score (nSPS) is 11.5. The van der Waals surface area contributed by atoms with Crippen LogP contribution in [0.1, 0.15) is 44.1 Å². The summed E-state index contributed by atoms with van der Waals surface area (Å²) in [6.07, 6.45) is 0.667. The molecule has 7 aromatic rings.